The number of aliphatic hydroxyl groups is 1. The number of carbonyl (C=O) groups excluding carboxylic acids is 1. The summed E-state index contributed by atoms with van der Waals surface area (Å²) in [6.45, 7) is 7.38. The summed E-state index contributed by atoms with van der Waals surface area (Å²) in [4.78, 5) is 11.6. The van der Waals surface area contributed by atoms with Crippen molar-refractivity contribution in [2.75, 3.05) is 13.1 Å². The Balaban J connectivity index is 2.20. The first-order chi connectivity index (χ1) is 8.41. The molecule has 0 radical (unpaired) electrons. The van der Waals surface area contributed by atoms with Crippen molar-refractivity contribution in [3.63, 3.8) is 0 Å². The largest absolute Gasteiger partial charge is 0.388 e. The minimum absolute atomic E-state index is 0.0230. The molecule has 4 heteroatoms. The molecule has 4 nitrogen and oxygen atoms in total. The quantitative estimate of drug-likeness (QED) is 0.674. The van der Waals surface area contributed by atoms with Gasteiger partial charge in [-0.25, -0.2) is 0 Å². The molecule has 0 aliphatic heterocycles. The van der Waals surface area contributed by atoms with Crippen LogP contribution in [0.3, 0.4) is 0 Å². The Morgan fingerprint density at radius 3 is 2.83 bits per heavy atom. The number of hydrogen-bond acceptors (Lipinski definition) is 3. The first kappa shape index (κ1) is 15.4. The van der Waals surface area contributed by atoms with Gasteiger partial charge in [-0.1, -0.05) is 33.6 Å². The average Bonchev–Trinajstić information content (AvgIpc) is 2.26. The van der Waals surface area contributed by atoms with Crippen LogP contribution in [-0.4, -0.2) is 35.7 Å². The standard InChI is InChI=1S/C14H28N2O2/c1-11(2)15-8-6-13(17)16-10-14(18)7-4-5-12(3)9-14/h11-12,15,18H,4-10H2,1-3H3,(H,16,17). The van der Waals surface area contributed by atoms with Gasteiger partial charge >= 0.3 is 0 Å². The Labute approximate surface area is 111 Å². The second-order valence-electron chi connectivity index (χ2n) is 6.06. The molecule has 0 aromatic heterocycles. The van der Waals surface area contributed by atoms with E-state index < -0.39 is 5.60 Å². The van der Waals surface area contributed by atoms with Gasteiger partial charge in [-0.05, 0) is 18.8 Å². The zero-order valence-corrected chi connectivity index (χ0v) is 12.0. The summed E-state index contributed by atoms with van der Waals surface area (Å²) < 4.78 is 0. The summed E-state index contributed by atoms with van der Waals surface area (Å²) >= 11 is 0. The average molecular weight is 256 g/mol. The maximum absolute atomic E-state index is 11.6. The number of rotatable bonds is 6. The van der Waals surface area contributed by atoms with E-state index >= 15 is 0 Å². The lowest BCUT2D eigenvalue weighted by molar-refractivity contribution is -0.122. The summed E-state index contributed by atoms with van der Waals surface area (Å²) in [7, 11) is 0. The summed E-state index contributed by atoms with van der Waals surface area (Å²) in [6, 6.07) is 0.404. The topological polar surface area (TPSA) is 61.4 Å². The summed E-state index contributed by atoms with van der Waals surface area (Å²) in [5, 5.41) is 16.4. The summed E-state index contributed by atoms with van der Waals surface area (Å²) in [5.74, 6) is 0.582. The molecular weight excluding hydrogens is 228 g/mol. The molecule has 1 aliphatic rings. The van der Waals surface area contributed by atoms with Gasteiger partial charge in [0.1, 0.15) is 0 Å². The summed E-state index contributed by atoms with van der Waals surface area (Å²) in [6.07, 6.45) is 4.33. The Morgan fingerprint density at radius 2 is 2.22 bits per heavy atom. The molecular formula is C14H28N2O2. The molecule has 0 aromatic carbocycles. The van der Waals surface area contributed by atoms with Gasteiger partial charge in [0.2, 0.25) is 5.91 Å². The number of hydrogen-bond donors (Lipinski definition) is 3. The molecule has 0 heterocycles. The van der Waals surface area contributed by atoms with Gasteiger partial charge in [0, 0.05) is 25.6 Å². The van der Waals surface area contributed by atoms with Crippen LogP contribution in [-0.2, 0) is 4.79 Å². The van der Waals surface area contributed by atoms with E-state index in [0.29, 0.717) is 31.5 Å². The molecule has 0 aromatic rings. The number of nitrogens with one attached hydrogen (secondary N) is 2. The molecule has 3 N–H and O–H groups in total. The lowest BCUT2D eigenvalue weighted by Crippen LogP contribution is -2.46. The highest BCUT2D eigenvalue weighted by atomic mass is 16.3. The minimum Gasteiger partial charge on any atom is -0.388 e. The van der Waals surface area contributed by atoms with Crippen LogP contribution < -0.4 is 10.6 Å². The third-order valence-corrected chi connectivity index (χ3v) is 3.59. The lowest BCUT2D eigenvalue weighted by atomic mass is 9.79. The lowest BCUT2D eigenvalue weighted by Gasteiger charge is -2.35. The van der Waals surface area contributed by atoms with E-state index in [-0.39, 0.29) is 5.91 Å². The highest BCUT2D eigenvalue weighted by Gasteiger charge is 2.32. The molecule has 18 heavy (non-hydrogen) atoms. The minimum atomic E-state index is -0.682. The molecule has 1 saturated carbocycles. The van der Waals surface area contributed by atoms with E-state index in [4.69, 9.17) is 0 Å². The smallest absolute Gasteiger partial charge is 0.221 e. The Bertz CT molecular complexity index is 269. The van der Waals surface area contributed by atoms with Crippen molar-refractivity contribution in [1.29, 1.82) is 0 Å². The van der Waals surface area contributed by atoms with Crippen LogP contribution in [0.25, 0.3) is 0 Å². The van der Waals surface area contributed by atoms with Crippen LogP contribution in [0.4, 0.5) is 0 Å². The van der Waals surface area contributed by atoms with Gasteiger partial charge in [0.25, 0.3) is 0 Å². The van der Waals surface area contributed by atoms with Crippen LogP contribution in [0.2, 0.25) is 0 Å². The third kappa shape index (κ3) is 5.83. The van der Waals surface area contributed by atoms with Crippen molar-refractivity contribution in [3.05, 3.63) is 0 Å². The molecule has 106 valence electrons. The van der Waals surface area contributed by atoms with Crippen molar-refractivity contribution in [3.8, 4) is 0 Å². The van der Waals surface area contributed by atoms with E-state index in [1.54, 1.807) is 0 Å². The normalized spacial score (nSPS) is 28.4. The van der Waals surface area contributed by atoms with Gasteiger partial charge in [0.05, 0.1) is 5.60 Å². The van der Waals surface area contributed by atoms with Gasteiger partial charge in [-0.2, -0.15) is 0 Å². The van der Waals surface area contributed by atoms with E-state index in [1.807, 2.05) is 0 Å². The van der Waals surface area contributed by atoms with E-state index in [0.717, 1.165) is 19.3 Å². The van der Waals surface area contributed by atoms with Crippen LogP contribution in [0.5, 0.6) is 0 Å². The van der Waals surface area contributed by atoms with Crippen LogP contribution in [0, 0.1) is 5.92 Å². The fraction of sp³-hybridized carbons (Fsp3) is 0.929. The van der Waals surface area contributed by atoms with Gasteiger partial charge < -0.3 is 15.7 Å². The van der Waals surface area contributed by atoms with E-state index in [1.165, 1.54) is 6.42 Å². The SMILES string of the molecule is CC1CCCC(O)(CNC(=O)CCNC(C)C)C1. The second-order valence-corrected chi connectivity index (χ2v) is 6.06. The molecule has 2 unspecified atom stereocenters. The number of amides is 1. The van der Waals surface area contributed by atoms with Gasteiger partial charge in [0.15, 0.2) is 0 Å². The highest BCUT2D eigenvalue weighted by Crippen LogP contribution is 2.31. The van der Waals surface area contributed by atoms with E-state index in [9.17, 15) is 9.90 Å². The Kier molecular flexibility index (Phi) is 6.09. The zero-order chi connectivity index (χ0) is 13.6. The molecule has 0 spiro atoms. The van der Waals surface area contributed by atoms with Crippen molar-refractivity contribution >= 4 is 5.91 Å². The van der Waals surface area contributed by atoms with Crippen molar-refractivity contribution in [1.82, 2.24) is 10.6 Å². The predicted molar refractivity (Wildman–Crippen MR) is 73.3 cm³/mol. The molecule has 0 bridgehead atoms. The fourth-order valence-corrected chi connectivity index (χ4v) is 2.62. The Morgan fingerprint density at radius 1 is 1.50 bits per heavy atom. The maximum atomic E-state index is 11.6. The first-order valence-corrected chi connectivity index (χ1v) is 7.14. The number of carbonyl (C=O) groups is 1. The van der Waals surface area contributed by atoms with Gasteiger partial charge in [-0.3, -0.25) is 4.79 Å². The molecule has 2 atom stereocenters. The van der Waals surface area contributed by atoms with Gasteiger partial charge in [-0.15, -0.1) is 0 Å². The molecule has 1 rings (SSSR count). The van der Waals surface area contributed by atoms with E-state index in [2.05, 4.69) is 31.4 Å². The predicted octanol–water partition coefficient (Wildman–Crippen LogP) is 1.43. The molecule has 1 fully saturated rings. The second kappa shape index (κ2) is 7.10. The maximum Gasteiger partial charge on any atom is 0.221 e. The molecule has 1 aliphatic carbocycles. The van der Waals surface area contributed by atoms with Crippen LogP contribution >= 0.6 is 0 Å². The van der Waals surface area contributed by atoms with Crippen LogP contribution in [0.1, 0.15) is 52.9 Å². The van der Waals surface area contributed by atoms with Crippen LogP contribution in [0.15, 0.2) is 0 Å². The molecule has 1 amide bonds. The van der Waals surface area contributed by atoms with Crippen molar-refractivity contribution < 1.29 is 9.90 Å². The van der Waals surface area contributed by atoms with Crippen molar-refractivity contribution in [2.24, 2.45) is 5.92 Å². The highest BCUT2D eigenvalue weighted by molar-refractivity contribution is 5.76. The van der Waals surface area contributed by atoms with Crippen molar-refractivity contribution in [2.45, 2.75) is 64.5 Å². The summed E-state index contributed by atoms with van der Waals surface area (Å²) in [5.41, 5.74) is -0.682. The fourth-order valence-electron chi connectivity index (χ4n) is 2.62. The third-order valence-electron chi connectivity index (χ3n) is 3.59. The monoisotopic (exact) mass is 256 g/mol. The first-order valence-electron chi connectivity index (χ1n) is 7.14. The molecule has 0 saturated heterocycles. The zero-order valence-electron chi connectivity index (χ0n) is 12.0. The Hall–Kier alpha value is -0.610.